The molecular weight excluding hydrogens is 192 g/mol. The van der Waals surface area contributed by atoms with Gasteiger partial charge < -0.3 is 10.2 Å². The predicted molar refractivity (Wildman–Crippen MR) is 57.2 cm³/mol. The SMILES string of the molecule is CN1CCN(C)C(CNC(=O)CC#N)C1. The molecule has 1 saturated heterocycles. The van der Waals surface area contributed by atoms with Crippen LogP contribution in [0.2, 0.25) is 0 Å². The molecule has 1 fully saturated rings. The van der Waals surface area contributed by atoms with Crippen LogP contribution in [0.15, 0.2) is 0 Å². The first-order valence-electron chi connectivity index (χ1n) is 5.16. The second kappa shape index (κ2) is 5.69. The van der Waals surface area contributed by atoms with Crippen LogP contribution in [0.1, 0.15) is 6.42 Å². The van der Waals surface area contributed by atoms with Crippen LogP contribution < -0.4 is 5.32 Å². The largest absolute Gasteiger partial charge is 0.354 e. The van der Waals surface area contributed by atoms with Crippen molar-refractivity contribution in [3.63, 3.8) is 0 Å². The lowest BCUT2D eigenvalue weighted by Crippen LogP contribution is -2.54. The summed E-state index contributed by atoms with van der Waals surface area (Å²) < 4.78 is 0. The molecule has 0 aliphatic carbocycles. The molecule has 0 aromatic heterocycles. The Balaban J connectivity index is 2.30. The summed E-state index contributed by atoms with van der Waals surface area (Å²) >= 11 is 0. The van der Waals surface area contributed by atoms with Crippen molar-refractivity contribution < 1.29 is 4.79 Å². The van der Waals surface area contributed by atoms with Gasteiger partial charge in [-0.15, -0.1) is 0 Å². The minimum absolute atomic E-state index is 0.0493. The van der Waals surface area contributed by atoms with E-state index in [-0.39, 0.29) is 12.3 Å². The normalized spacial score (nSPS) is 23.4. The number of carbonyl (C=O) groups is 1. The van der Waals surface area contributed by atoms with Crippen LogP contribution in [0.5, 0.6) is 0 Å². The summed E-state index contributed by atoms with van der Waals surface area (Å²) in [6, 6.07) is 2.19. The van der Waals surface area contributed by atoms with E-state index in [4.69, 9.17) is 5.26 Å². The van der Waals surface area contributed by atoms with Gasteiger partial charge in [0.25, 0.3) is 0 Å². The van der Waals surface area contributed by atoms with E-state index in [1.54, 1.807) is 0 Å². The average molecular weight is 210 g/mol. The molecule has 1 aliphatic heterocycles. The molecular formula is C10H18N4O. The fourth-order valence-corrected chi connectivity index (χ4v) is 1.69. The van der Waals surface area contributed by atoms with Crippen molar-refractivity contribution in [3.05, 3.63) is 0 Å². The molecule has 84 valence electrons. The Hall–Kier alpha value is -1.12. The molecule has 15 heavy (non-hydrogen) atoms. The van der Waals surface area contributed by atoms with Gasteiger partial charge in [-0.3, -0.25) is 9.69 Å². The lowest BCUT2D eigenvalue weighted by Gasteiger charge is -2.37. The topological polar surface area (TPSA) is 59.4 Å². The Morgan fingerprint density at radius 2 is 2.27 bits per heavy atom. The van der Waals surface area contributed by atoms with Crippen molar-refractivity contribution in [2.45, 2.75) is 12.5 Å². The monoisotopic (exact) mass is 210 g/mol. The van der Waals surface area contributed by atoms with Gasteiger partial charge >= 0.3 is 0 Å². The zero-order valence-corrected chi connectivity index (χ0v) is 9.36. The van der Waals surface area contributed by atoms with E-state index in [0.717, 1.165) is 19.6 Å². The van der Waals surface area contributed by atoms with Crippen LogP contribution in [-0.2, 0) is 4.79 Å². The molecule has 1 rings (SSSR count). The summed E-state index contributed by atoms with van der Waals surface area (Å²) in [6.07, 6.45) is -0.0493. The molecule has 0 spiro atoms. The van der Waals surface area contributed by atoms with Gasteiger partial charge in [-0.05, 0) is 14.1 Å². The fourth-order valence-electron chi connectivity index (χ4n) is 1.69. The number of hydrogen-bond donors (Lipinski definition) is 1. The molecule has 0 radical (unpaired) electrons. The first kappa shape index (κ1) is 12.0. The lowest BCUT2D eigenvalue weighted by atomic mass is 10.2. The summed E-state index contributed by atoms with van der Waals surface area (Å²) in [5, 5.41) is 11.1. The van der Waals surface area contributed by atoms with Gasteiger partial charge in [-0.1, -0.05) is 0 Å². The molecule has 5 heteroatoms. The number of nitrogens with zero attached hydrogens (tertiary/aromatic N) is 3. The second-order valence-electron chi connectivity index (χ2n) is 4.04. The molecule has 0 saturated carbocycles. The quantitative estimate of drug-likeness (QED) is 0.666. The maximum atomic E-state index is 11.1. The van der Waals surface area contributed by atoms with E-state index >= 15 is 0 Å². The smallest absolute Gasteiger partial charge is 0.234 e. The number of amides is 1. The average Bonchev–Trinajstić information content (AvgIpc) is 2.20. The molecule has 1 heterocycles. The standard InChI is InChI=1S/C10H18N4O/c1-13-5-6-14(2)9(8-13)7-12-10(15)3-4-11/h9H,3,5-8H2,1-2H3,(H,12,15). The highest BCUT2D eigenvalue weighted by Gasteiger charge is 2.22. The van der Waals surface area contributed by atoms with Crippen molar-refractivity contribution in [3.8, 4) is 6.07 Å². The summed E-state index contributed by atoms with van der Waals surface area (Å²) in [7, 11) is 4.14. The first-order valence-corrected chi connectivity index (χ1v) is 5.16. The van der Waals surface area contributed by atoms with Crippen molar-refractivity contribution in [2.24, 2.45) is 0 Å². The van der Waals surface area contributed by atoms with Crippen LogP contribution in [0.3, 0.4) is 0 Å². The van der Waals surface area contributed by atoms with Gasteiger partial charge in [-0.2, -0.15) is 5.26 Å². The number of piperazine rings is 1. The molecule has 1 atom stereocenters. The molecule has 0 aromatic carbocycles. The summed E-state index contributed by atoms with van der Waals surface area (Å²) in [5.41, 5.74) is 0. The number of likely N-dealkylation sites (N-methyl/N-ethyl adjacent to an activating group) is 2. The van der Waals surface area contributed by atoms with E-state index in [1.807, 2.05) is 6.07 Å². The molecule has 1 N–H and O–H groups in total. The van der Waals surface area contributed by atoms with E-state index in [1.165, 1.54) is 0 Å². The fraction of sp³-hybridized carbons (Fsp3) is 0.800. The Kier molecular flexibility index (Phi) is 4.53. The third-order valence-electron chi connectivity index (χ3n) is 2.75. The van der Waals surface area contributed by atoms with E-state index in [2.05, 4.69) is 29.2 Å². The Morgan fingerprint density at radius 3 is 2.93 bits per heavy atom. The van der Waals surface area contributed by atoms with Crippen molar-refractivity contribution >= 4 is 5.91 Å². The van der Waals surface area contributed by atoms with E-state index < -0.39 is 0 Å². The second-order valence-corrected chi connectivity index (χ2v) is 4.04. The number of hydrogen-bond acceptors (Lipinski definition) is 4. The van der Waals surface area contributed by atoms with Crippen LogP contribution in [0.4, 0.5) is 0 Å². The summed E-state index contributed by atoms with van der Waals surface area (Å²) in [5.74, 6) is -0.181. The predicted octanol–water partition coefficient (Wildman–Crippen LogP) is -0.738. The summed E-state index contributed by atoms with van der Waals surface area (Å²) in [6.45, 7) is 3.68. The van der Waals surface area contributed by atoms with Gasteiger partial charge in [-0.25, -0.2) is 0 Å². The first-order chi connectivity index (χ1) is 7.13. The molecule has 1 aliphatic rings. The van der Waals surface area contributed by atoms with Gasteiger partial charge in [0.05, 0.1) is 6.07 Å². The van der Waals surface area contributed by atoms with Gasteiger partial charge in [0.1, 0.15) is 6.42 Å². The third kappa shape index (κ3) is 3.86. The highest BCUT2D eigenvalue weighted by molar-refractivity contribution is 5.77. The molecule has 1 amide bonds. The highest BCUT2D eigenvalue weighted by Crippen LogP contribution is 2.04. The maximum Gasteiger partial charge on any atom is 0.234 e. The molecule has 0 bridgehead atoms. The molecule has 1 unspecified atom stereocenters. The van der Waals surface area contributed by atoms with Crippen molar-refractivity contribution in [1.29, 1.82) is 5.26 Å². The number of rotatable bonds is 3. The maximum absolute atomic E-state index is 11.1. The Bertz CT molecular complexity index is 261. The molecule has 0 aromatic rings. The Morgan fingerprint density at radius 1 is 1.53 bits per heavy atom. The van der Waals surface area contributed by atoms with Crippen molar-refractivity contribution in [2.75, 3.05) is 40.3 Å². The minimum Gasteiger partial charge on any atom is -0.354 e. The third-order valence-corrected chi connectivity index (χ3v) is 2.75. The number of nitrogens with one attached hydrogen (secondary N) is 1. The van der Waals surface area contributed by atoms with Gasteiger partial charge in [0.2, 0.25) is 5.91 Å². The van der Waals surface area contributed by atoms with E-state index in [9.17, 15) is 4.79 Å². The van der Waals surface area contributed by atoms with Crippen LogP contribution in [0, 0.1) is 11.3 Å². The zero-order chi connectivity index (χ0) is 11.3. The lowest BCUT2D eigenvalue weighted by molar-refractivity contribution is -0.120. The zero-order valence-electron chi connectivity index (χ0n) is 9.36. The van der Waals surface area contributed by atoms with Crippen LogP contribution in [-0.4, -0.2) is 62.0 Å². The minimum atomic E-state index is -0.181. The van der Waals surface area contributed by atoms with Crippen LogP contribution in [0.25, 0.3) is 0 Å². The number of carbonyl (C=O) groups excluding carboxylic acids is 1. The number of nitriles is 1. The van der Waals surface area contributed by atoms with Gasteiger partial charge in [0, 0.05) is 32.2 Å². The summed E-state index contributed by atoms with van der Waals surface area (Å²) in [4.78, 5) is 15.6. The van der Waals surface area contributed by atoms with Crippen molar-refractivity contribution in [1.82, 2.24) is 15.1 Å². The molecule has 5 nitrogen and oxygen atoms in total. The Labute approximate surface area is 90.6 Å². The van der Waals surface area contributed by atoms with Gasteiger partial charge in [0.15, 0.2) is 0 Å². The van der Waals surface area contributed by atoms with Crippen LogP contribution >= 0.6 is 0 Å². The van der Waals surface area contributed by atoms with E-state index in [0.29, 0.717) is 12.6 Å². The highest BCUT2D eigenvalue weighted by atomic mass is 16.1.